The van der Waals surface area contributed by atoms with Gasteiger partial charge in [-0.05, 0) is 37.1 Å². The monoisotopic (exact) mass is 509 g/mol. The van der Waals surface area contributed by atoms with Crippen molar-refractivity contribution in [3.63, 3.8) is 0 Å². The number of para-hydroxylation sites is 1. The van der Waals surface area contributed by atoms with Gasteiger partial charge in [-0.1, -0.05) is 29.5 Å². The number of anilines is 1. The van der Waals surface area contributed by atoms with Crippen molar-refractivity contribution in [2.24, 2.45) is 5.92 Å². The lowest BCUT2D eigenvalue weighted by atomic mass is 9.97. The lowest BCUT2D eigenvalue weighted by molar-refractivity contribution is -0.120. The van der Waals surface area contributed by atoms with Crippen LogP contribution in [0.1, 0.15) is 12.8 Å². The molecule has 1 aliphatic heterocycles. The second kappa shape index (κ2) is 9.01. The molecule has 176 valence electrons. The molecule has 12 heteroatoms. The summed E-state index contributed by atoms with van der Waals surface area (Å²) in [5.41, 5.74) is 0.672. The van der Waals surface area contributed by atoms with E-state index in [0.717, 1.165) is 11.0 Å². The highest BCUT2D eigenvalue weighted by Gasteiger charge is 2.34. The number of piperidine rings is 1. The molecule has 0 bridgehead atoms. The molecule has 1 N–H and O–H groups in total. The highest BCUT2D eigenvalue weighted by atomic mass is 32.2. The Morgan fingerprint density at radius 2 is 1.73 bits per heavy atom. The third-order valence-corrected chi connectivity index (χ3v) is 9.70. The van der Waals surface area contributed by atoms with Gasteiger partial charge in [0.15, 0.2) is 15.0 Å². The maximum absolute atomic E-state index is 13.1. The fourth-order valence-electron chi connectivity index (χ4n) is 3.82. The molecule has 3 aromatic rings. The summed E-state index contributed by atoms with van der Waals surface area (Å²) in [6, 6.07) is 11.1. The quantitative estimate of drug-likeness (QED) is 0.542. The summed E-state index contributed by atoms with van der Waals surface area (Å²) in [6.07, 6.45) is 1.62. The summed E-state index contributed by atoms with van der Waals surface area (Å²) in [7, 11) is -6.17. The zero-order valence-electron chi connectivity index (χ0n) is 18.0. The molecular formula is C21H23N3O6S3. The number of thiazole rings is 1. The van der Waals surface area contributed by atoms with Crippen molar-refractivity contribution in [1.82, 2.24) is 9.29 Å². The van der Waals surface area contributed by atoms with Gasteiger partial charge in [0.1, 0.15) is 16.2 Å². The van der Waals surface area contributed by atoms with E-state index in [-0.39, 0.29) is 34.7 Å². The van der Waals surface area contributed by atoms with Crippen LogP contribution >= 0.6 is 11.3 Å². The third-order valence-electron chi connectivity index (χ3n) is 5.52. The second-order valence-corrected chi connectivity index (χ2v) is 12.6. The molecule has 0 aliphatic carbocycles. The maximum atomic E-state index is 13.1. The Balaban J connectivity index is 1.45. The molecule has 33 heavy (non-hydrogen) atoms. The minimum Gasteiger partial charge on any atom is -0.494 e. The number of rotatable bonds is 6. The molecule has 9 nitrogen and oxygen atoms in total. The number of methoxy groups -OCH3 is 1. The largest absolute Gasteiger partial charge is 0.494 e. The number of hydrogen-bond donors (Lipinski definition) is 1. The van der Waals surface area contributed by atoms with E-state index in [1.54, 1.807) is 13.2 Å². The molecule has 0 spiro atoms. The molecule has 0 unspecified atom stereocenters. The Bertz CT molecular complexity index is 1410. The highest BCUT2D eigenvalue weighted by Crippen LogP contribution is 2.33. The molecule has 0 saturated carbocycles. The summed E-state index contributed by atoms with van der Waals surface area (Å²) >= 11 is 1.34. The first-order valence-electron chi connectivity index (χ1n) is 10.1. The van der Waals surface area contributed by atoms with Crippen LogP contribution in [0, 0.1) is 5.92 Å². The van der Waals surface area contributed by atoms with E-state index in [1.165, 1.54) is 39.9 Å². The van der Waals surface area contributed by atoms with Gasteiger partial charge in [0, 0.05) is 25.3 Å². The molecule has 1 fully saturated rings. The molecule has 1 aromatic heterocycles. The van der Waals surface area contributed by atoms with Crippen molar-refractivity contribution in [2.45, 2.75) is 22.6 Å². The number of sulfone groups is 1. The molecule has 1 aliphatic rings. The van der Waals surface area contributed by atoms with Gasteiger partial charge in [0.2, 0.25) is 15.9 Å². The average Bonchev–Trinajstić information content (AvgIpc) is 3.21. The molecule has 1 amide bonds. The zero-order chi connectivity index (χ0) is 23.8. The number of benzene rings is 2. The first-order valence-corrected chi connectivity index (χ1v) is 14.3. The normalized spacial score (nSPS) is 16.1. The Hall–Kier alpha value is -2.54. The van der Waals surface area contributed by atoms with Gasteiger partial charge >= 0.3 is 0 Å². The SMILES string of the molecule is COc1cccc2sc(NC(=O)C3CCN(S(=O)(=O)c4ccccc4S(C)(=O)=O)CC3)nc12. The van der Waals surface area contributed by atoms with Crippen molar-refractivity contribution in [3.8, 4) is 5.75 Å². The minimum atomic E-state index is -4.01. The summed E-state index contributed by atoms with van der Waals surface area (Å²) in [5, 5.41) is 3.29. The lowest BCUT2D eigenvalue weighted by Gasteiger charge is -2.30. The van der Waals surface area contributed by atoms with E-state index >= 15 is 0 Å². The van der Waals surface area contributed by atoms with Crippen LogP contribution in [0.3, 0.4) is 0 Å². The van der Waals surface area contributed by atoms with E-state index in [2.05, 4.69) is 10.3 Å². The standard InChI is InChI=1S/C21H23N3O6S3/c1-30-15-6-5-7-16-19(15)22-21(31-16)23-20(25)14-10-12-24(13-11-14)33(28,29)18-9-4-3-8-17(18)32(2,26)27/h3-9,14H,10-13H2,1-2H3,(H,22,23,25). The lowest BCUT2D eigenvalue weighted by Crippen LogP contribution is -2.41. The second-order valence-electron chi connectivity index (χ2n) is 7.71. The topological polar surface area (TPSA) is 123 Å². The van der Waals surface area contributed by atoms with Gasteiger partial charge < -0.3 is 10.1 Å². The number of nitrogens with zero attached hydrogens (tertiary/aromatic N) is 2. The fraction of sp³-hybridized carbons (Fsp3) is 0.333. The number of nitrogens with one attached hydrogen (secondary N) is 1. The van der Waals surface area contributed by atoms with Crippen molar-refractivity contribution in [2.75, 3.05) is 31.8 Å². The van der Waals surface area contributed by atoms with Crippen LogP contribution in [0.4, 0.5) is 5.13 Å². The third kappa shape index (κ3) is 4.74. The number of carbonyl (C=O) groups excluding carboxylic acids is 1. The first kappa shape index (κ1) is 23.6. The number of hydrogen-bond acceptors (Lipinski definition) is 8. The van der Waals surface area contributed by atoms with Gasteiger partial charge in [0.25, 0.3) is 0 Å². The van der Waals surface area contributed by atoms with E-state index in [1.807, 2.05) is 12.1 Å². The molecule has 0 atom stereocenters. The predicted octanol–water partition coefficient (Wildman–Crippen LogP) is 2.75. The summed E-state index contributed by atoms with van der Waals surface area (Å²) in [4.78, 5) is 16.8. The first-order chi connectivity index (χ1) is 15.6. The van der Waals surface area contributed by atoms with Gasteiger partial charge in [-0.25, -0.2) is 21.8 Å². The van der Waals surface area contributed by atoms with E-state index < -0.39 is 19.9 Å². The Morgan fingerprint density at radius 1 is 1.06 bits per heavy atom. The van der Waals surface area contributed by atoms with Gasteiger partial charge in [-0.15, -0.1) is 0 Å². The Labute approximate surface area is 196 Å². The molecular weight excluding hydrogens is 486 g/mol. The molecule has 4 rings (SSSR count). The Kier molecular flexibility index (Phi) is 6.45. The summed E-state index contributed by atoms with van der Waals surface area (Å²) in [5.74, 6) is 0.0225. The predicted molar refractivity (Wildman–Crippen MR) is 126 cm³/mol. The molecule has 2 heterocycles. The van der Waals surface area contributed by atoms with Crippen LogP contribution in [0.25, 0.3) is 10.2 Å². The van der Waals surface area contributed by atoms with Crippen LogP contribution < -0.4 is 10.1 Å². The highest BCUT2D eigenvalue weighted by molar-refractivity contribution is 7.93. The van der Waals surface area contributed by atoms with Crippen molar-refractivity contribution in [1.29, 1.82) is 0 Å². The smallest absolute Gasteiger partial charge is 0.244 e. The number of fused-ring (bicyclic) bond motifs is 1. The van der Waals surface area contributed by atoms with E-state index in [9.17, 15) is 21.6 Å². The maximum Gasteiger partial charge on any atom is 0.244 e. The summed E-state index contributed by atoms with van der Waals surface area (Å²) < 4.78 is 57.8. The number of ether oxygens (including phenoxy) is 1. The van der Waals surface area contributed by atoms with Crippen molar-refractivity contribution in [3.05, 3.63) is 42.5 Å². The van der Waals surface area contributed by atoms with Crippen LogP contribution in [0.2, 0.25) is 0 Å². The van der Waals surface area contributed by atoms with Crippen molar-refractivity contribution < 1.29 is 26.4 Å². The summed E-state index contributed by atoms with van der Waals surface area (Å²) in [6.45, 7) is 0.234. The molecule has 2 aromatic carbocycles. The molecule has 1 saturated heterocycles. The zero-order valence-corrected chi connectivity index (χ0v) is 20.5. The number of aromatic nitrogens is 1. The van der Waals surface area contributed by atoms with E-state index in [0.29, 0.717) is 29.2 Å². The van der Waals surface area contributed by atoms with E-state index in [4.69, 9.17) is 4.74 Å². The van der Waals surface area contributed by atoms with Crippen LogP contribution in [-0.2, 0) is 24.7 Å². The van der Waals surface area contributed by atoms with Gasteiger partial charge in [-0.2, -0.15) is 4.31 Å². The number of sulfonamides is 1. The average molecular weight is 510 g/mol. The minimum absolute atomic E-state index is 0.117. The Morgan fingerprint density at radius 3 is 2.36 bits per heavy atom. The van der Waals surface area contributed by atoms with Crippen LogP contribution in [0.15, 0.2) is 52.3 Å². The van der Waals surface area contributed by atoms with Crippen LogP contribution in [0.5, 0.6) is 5.75 Å². The number of carbonyl (C=O) groups is 1. The fourth-order valence-corrected chi connectivity index (χ4v) is 7.77. The van der Waals surface area contributed by atoms with Crippen LogP contribution in [-0.4, -0.2) is 58.5 Å². The molecule has 0 radical (unpaired) electrons. The van der Waals surface area contributed by atoms with Gasteiger partial charge in [-0.3, -0.25) is 4.79 Å². The van der Waals surface area contributed by atoms with Crippen molar-refractivity contribution >= 4 is 52.5 Å². The van der Waals surface area contributed by atoms with Gasteiger partial charge in [0.05, 0.1) is 16.7 Å². The number of amides is 1.